The summed E-state index contributed by atoms with van der Waals surface area (Å²) in [4.78, 5) is 4.37. The van der Waals surface area contributed by atoms with Crippen LogP contribution in [0.5, 0.6) is 0 Å². The maximum Gasteiger partial charge on any atom is 0.111 e. The fourth-order valence-electron chi connectivity index (χ4n) is 1.81. The van der Waals surface area contributed by atoms with E-state index in [1.807, 2.05) is 23.3 Å². The highest BCUT2D eigenvalue weighted by molar-refractivity contribution is 5.08. The standard InChI is InChI=1S/C12H18N4/c1-4-16-9-11(7-14-16)8-15-6-5-13-12(15)10(2)3/h5-7,9-10H,4,8H2,1-3H3. The van der Waals surface area contributed by atoms with E-state index in [2.05, 4.69) is 41.6 Å². The van der Waals surface area contributed by atoms with E-state index in [-0.39, 0.29) is 0 Å². The molecule has 0 bridgehead atoms. The molecule has 4 heteroatoms. The molecule has 0 aliphatic rings. The first-order valence-electron chi connectivity index (χ1n) is 5.73. The van der Waals surface area contributed by atoms with Crippen molar-refractivity contribution in [3.63, 3.8) is 0 Å². The molecule has 0 atom stereocenters. The van der Waals surface area contributed by atoms with Gasteiger partial charge >= 0.3 is 0 Å². The molecule has 2 rings (SSSR count). The average molecular weight is 218 g/mol. The number of hydrogen-bond acceptors (Lipinski definition) is 2. The topological polar surface area (TPSA) is 35.6 Å². The Morgan fingerprint density at radius 3 is 2.81 bits per heavy atom. The van der Waals surface area contributed by atoms with Crippen LogP contribution in [0.3, 0.4) is 0 Å². The zero-order chi connectivity index (χ0) is 11.5. The van der Waals surface area contributed by atoms with Crippen LogP contribution in [0, 0.1) is 0 Å². The third-order valence-electron chi connectivity index (χ3n) is 2.63. The van der Waals surface area contributed by atoms with Crippen LogP contribution < -0.4 is 0 Å². The molecule has 0 fully saturated rings. The average Bonchev–Trinajstić information content (AvgIpc) is 2.87. The molecule has 0 amide bonds. The van der Waals surface area contributed by atoms with Crippen molar-refractivity contribution in [3.8, 4) is 0 Å². The summed E-state index contributed by atoms with van der Waals surface area (Å²) in [5.74, 6) is 1.58. The van der Waals surface area contributed by atoms with Crippen LogP contribution in [0.1, 0.15) is 38.1 Å². The van der Waals surface area contributed by atoms with Crippen molar-refractivity contribution in [1.82, 2.24) is 19.3 Å². The third-order valence-corrected chi connectivity index (χ3v) is 2.63. The predicted molar refractivity (Wildman–Crippen MR) is 63.3 cm³/mol. The van der Waals surface area contributed by atoms with E-state index >= 15 is 0 Å². The molecule has 0 aromatic carbocycles. The van der Waals surface area contributed by atoms with Gasteiger partial charge in [0.2, 0.25) is 0 Å². The van der Waals surface area contributed by atoms with Crippen LogP contribution in [0.15, 0.2) is 24.8 Å². The second-order valence-electron chi connectivity index (χ2n) is 4.27. The van der Waals surface area contributed by atoms with Crippen LogP contribution in [0.25, 0.3) is 0 Å². The highest BCUT2D eigenvalue weighted by Crippen LogP contribution is 2.13. The first kappa shape index (κ1) is 10.9. The Labute approximate surface area is 95.9 Å². The lowest BCUT2D eigenvalue weighted by atomic mass is 10.2. The van der Waals surface area contributed by atoms with E-state index in [9.17, 15) is 0 Å². The fraction of sp³-hybridized carbons (Fsp3) is 0.500. The van der Waals surface area contributed by atoms with Crippen LogP contribution >= 0.6 is 0 Å². The van der Waals surface area contributed by atoms with Gasteiger partial charge in [-0.05, 0) is 6.92 Å². The summed E-state index contributed by atoms with van der Waals surface area (Å²) >= 11 is 0. The summed E-state index contributed by atoms with van der Waals surface area (Å²) < 4.78 is 4.13. The van der Waals surface area contributed by atoms with Crippen LogP contribution in [-0.4, -0.2) is 19.3 Å². The molecule has 0 saturated heterocycles. The fourth-order valence-corrected chi connectivity index (χ4v) is 1.81. The molecule has 2 heterocycles. The molecule has 4 nitrogen and oxygen atoms in total. The minimum Gasteiger partial charge on any atom is -0.330 e. The smallest absolute Gasteiger partial charge is 0.111 e. The molecule has 0 unspecified atom stereocenters. The predicted octanol–water partition coefficient (Wildman–Crippen LogP) is 2.27. The number of hydrogen-bond donors (Lipinski definition) is 0. The Bertz CT molecular complexity index is 453. The number of aryl methyl sites for hydroxylation is 1. The molecular formula is C12H18N4. The lowest BCUT2D eigenvalue weighted by Crippen LogP contribution is -2.05. The first-order valence-corrected chi connectivity index (χ1v) is 5.73. The highest BCUT2D eigenvalue weighted by Gasteiger charge is 2.08. The van der Waals surface area contributed by atoms with Gasteiger partial charge in [-0.3, -0.25) is 4.68 Å². The van der Waals surface area contributed by atoms with Gasteiger partial charge in [-0.15, -0.1) is 0 Å². The van der Waals surface area contributed by atoms with Gasteiger partial charge in [0.05, 0.1) is 12.7 Å². The van der Waals surface area contributed by atoms with Gasteiger partial charge in [0.1, 0.15) is 5.82 Å². The van der Waals surface area contributed by atoms with E-state index in [1.54, 1.807) is 0 Å². The zero-order valence-corrected chi connectivity index (χ0v) is 10.1. The maximum atomic E-state index is 4.37. The second kappa shape index (κ2) is 4.51. The normalized spacial score (nSPS) is 11.2. The lowest BCUT2D eigenvalue weighted by Gasteiger charge is -2.08. The second-order valence-corrected chi connectivity index (χ2v) is 4.27. The van der Waals surface area contributed by atoms with E-state index in [0.29, 0.717) is 5.92 Å². The number of nitrogens with zero attached hydrogens (tertiary/aromatic N) is 4. The molecule has 0 aliphatic heterocycles. The molecule has 16 heavy (non-hydrogen) atoms. The lowest BCUT2D eigenvalue weighted by molar-refractivity contribution is 0.653. The largest absolute Gasteiger partial charge is 0.330 e. The van der Waals surface area contributed by atoms with Crippen LogP contribution in [0.2, 0.25) is 0 Å². The molecule has 0 N–H and O–H groups in total. The monoisotopic (exact) mass is 218 g/mol. The zero-order valence-electron chi connectivity index (χ0n) is 10.1. The first-order chi connectivity index (χ1) is 7.70. The van der Waals surface area contributed by atoms with E-state index in [0.717, 1.165) is 18.9 Å². The minimum atomic E-state index is 0.455. The molecule has 2 aromatic heterocycles. The SMILES string of the molecule is CCn1cc(Cn2ccnc2C(C)C)cn1. The Hall–Kier alpha value is -1.58. The molecule has 2 aromatic rings. The number of rotatable bonds is 4. The summed E-state index contributed by atoms with van der Waals surface area (Å²) in [6.07, 6.45) is 7.90. The Morgan fingerprint density at radius 1 is 1.38 bits per heavy atom. The van der Waals surface area contributed by atoms with Crippen LogP contribution in [0.4, 0.5) is 0 Å². The Balaban J connectivity index is 2.17. The van der Waals surface area contributed by atoms with Gasteiger partial charge in [0.15, 0.2) is 0 Å². The van der Waals surface area contributed by atoms with Gasteiger partial charge in [0, 0.05) is 36.6 Å². The minimum absolute atomic E-state index is 0.455. The summed E-state index contributed by atoms with van der Waals surface area (Å²) in [5, 5.41) is 4.27. The highest BCUT2D eigenvalue weighted by atomic mass is 15.3. The van der Waals surface area contributed by atoms with Crippen molar-refractivity contribution in [2.45, 2.75) is 39.8 Å². The molecule has 0 radical (unpaired) electrons. The molecule has 0 aliphatic carbocycles. The molecule has 0 spiro atoms. The quantitative estimate of drug-likeness (QED) is 0.789. The molecular weight excluding hydrogens is 200 g/mol. The van der Waals surface area contributed by atoms with Gasteiger partial charge in [-0.2, -0.15) is 5.10 Å². The third kappa shape index (κ3) is 2.15. The van der Waals surface area contributed by atoms with Crippen molar-refractivity contribution < 1.29 is 0 Å². The van der Waals surface area contributed by atoms with Gasteiger partial charge in [-0.25, -0.2) is 4.98 Å². The van der Waals surface area contributed by atoms with Gasteiger partial charge in [0.25, 0.3) is 0 Å². The van der Waals surface area contributed by atoms with Crippen molar-refractivity contribution >= 4 is 0 Å². The Morgan fingerprint density at radius 2 is 2.19 bits per heavy atom. The summed E-state index contributed by atoms with van der Waals surface area (Å²) in [7, 11) is 0. The molecule has 0 saturated carbocycles. The van der Waals surface area contributed by atoms with Crippen molar-refractivity contribution in [2.75, 3.05) is 0 Å². The summed E-state index contributed by atoms with van der Waals surface area (Å²) in [6.45, 7) is 8.19. The van der Waals surface area contributed by atoms with E-state index in [1.165, 1.54) is 5.56 Å². The van der Waals surface area contributed by atoms with Crippen molar-refractivity contribution in [1.29, 1.82) is 0 Å². The molecule has 86 valence electrons. The van der Waals surface area contributed by atoms with E-state index < -0.39 is 0 Å². The van der Waals surface area contributed by atoms with Gasteiger partial charge < -0.3 is 4.57 Å². The maximum absolute atomic E-state index is 4.37. The van der Waals surface area contributed by atoms with E-state index in [4.69, 9.17) is 0 Å². The van der Waals surface area contributed by atoms with Crippen LogP contribution in [-0.2, 0) is 13.1 Å². The summed E-state index contributed by atoms with van der Waals surface area (Å²) in [6, 6.07) is 0. The van der Waals surface area contributed by atoms with Crippen molar-refractivity contribution in [2.24, 2.45) is 0 Å². The number of imidazole rings is 1. The number of aromatic nitrogens is 4. The Kier molecular flexibility index (Phi) is 3.08. The van der Waals surface area contributed by atoms with Gasteiger partial charge in [-0.1, -0.05) is 13.8 Å². The van der Waals surface area contributed by atoms with Crippen molar-refractivity contribution in [3.05, 3.63) is 36.2 Å². The summed E-state index contributed by atoms with van der Waals surface area (Å²) in [5.41, 5.74) is 1.22.